The fourth-order valence-corrected chi connectivity index (χ4v) is 1.63. The molecule has 1 aromatic heterocycles. The first-order valence-corrected chi connectivity index (χ1v) is 6.01. The lowest BCUT2D eigenvalue weighted by atomic mass is 10.3. The lowest BCUT2D eigenvalue weighted by Crippen LogP contribution is -2.29. The maximum Gasteiger partial charge on any atom is 0.301 e. The van der Waals surface area contributed by atoms with Gasteiger partial charge in [0.25, 0.3) is 0 Å². The van der Waals surface area contributed by atoms with E-state index in [4.69, 9.17) is 4.74 Å². The molecule has 0 atom stereocenters. The highest BCUT2D eigenvalue weighted by Crippen LogP contribution is 2.23. The summed E-state index contributed by atoms with van der Waals surface area (Å²) in [6.45, 7) is 1.82. The van der Waals surface area contributed by atoms with Gasteiger partial charge in [0.15, 0.2) is 0 Å². The number of pyridine rings is 1. The van der Waals surface area contributed by atoms with Gasteiger partial charge in [0.2, 0.25) is 5.88 Å². The molecule has 0 amide bonds. The van der Waals surface area contributed by atoms with Gasteiger partial charge >= 0.3 is 10.2 Å². The second-order valence-corrected chi connectivity index (χ2v) is 5.34. The van der Waals surface area contributed by atoms with Gasteiger partial charge < -0.3 is 4.74 Å². The van der Waals surface area contributed by atoms with E-state index in [1.165, 1.54) is 21.2 Å². The Morgan fingerprint density at radius 2 is 2.06 bits per heavy atom. The summed E-state index contributed by atoms with van der Waals surface area (Å²) in [4.78, 5) is 3.97. The van der Waals surface area contributed by atoms with Crippen LogP contribution in [0.1, 0.15) is 5.56 Å². The maximum atomic E-state index is 11.6. The number of nitrogens with zero attached hydrogens (tertiary/aromatic N) is 2. The predicted molar refractivity (Wildman–Crippen MR) is 61.8 cm³/mol. The lowest BCUT2D eigenvalue weighted by molar-refractivity contribution is 0.400. The zero-order chi connectivity index (χ0) is 12.3. The second-order valence-electron chi connectivity index (χ2n) is 3.46. The Morgan fingerprint density at radius 3 is 2.56 bits per heavy atom. The predicted octanol–water partition coefficient (Wildman–Crippen LogP) is 0.617. The quantitative estimate of drug-likeness (QED) is 0.844. The summed E-state index contributed by atoms with van der Waals surface area (Å²) in [5, 5.41) is 0. The zero-order valence-corrected chi connectivity index (χ0v) is 10.5. The third-order valence-corrected chi connectivity index (χ3v) is 3.34. The number of hydrogen-bond donors (Lipinski definition) is 1. The van der Waals surface area contributed by atoms with Gasteiger partial charge in [-0.05, 0) is 18.6 Å². The molecule has 16 heavy (non-hydrogen) atoms. The van der Waals surface area contributed by atoms with Crippen LogP contribution in [0.25, 0.3) is 0 Å². The van der Waals surface area contributed by atoms with Crippen LogP contribution >= 0.6 is 0 Å². The standard InChI is InChI=1S/C9H15N3O3S/c1-7-5-8(9(15-4)10-6-7)11-16(13,14)12(2)3/h5-6,11H,1-4H3. The Balaban J connectivity index is 3.10. The first kappa shape index (κ1) is 12.7. The molecular formula is C9H15N3O3S. The van der Waals surface area contributed by atoms with Crippen LogP contribution in [0.3, 0.4) is 0 Å². The molecule has 0 unspecified atom stereocenters. The molecule has 1 N–H and O–H groups in total. The van der Waals surface area contributed by atoms with Crippen molar-refractivity contribution in [3.63, 3.8) is 0 Å². The van der Waals surface area contributed by atoms with Crippen LogP contribution in [0.4, 0.5) is 5.69 Å². The normalized spacial score (nSPS) is 11.6. The van der Waals surface area contributed by atoms with Gasteiger partial charge in [-0.3, -0.25) is 4.72 Å². The van der Waals surface area contributed by atoms with Crippen LogP contribution in [0.5, 0.6) is 5.88 Å². The molecule has 0 aliphatic rings. The minimum Gasteiger partial charge on any atom is -0.479 e. The molecule has 1 rings (SSSR count). The van der Waals surface area contributed by atoms with E-state index in [1.807, 2.05) is 6.92 Å². The van der Waals surface area contributed by atoms with Gasteiger partial charge in [0, 0.05) is 20.3 Å². The number of aromatic nitrogens is 1. The molecule has 0 aliphatic carbocycles. The van der Waals surface area contributed by atoms with Gasteiger partial charge in [-0.25, -0.2) is 4.98 Å². The van der Waals surface area contributed by atoms with Gasteiger partial charge in [-0.15, -0.1) is 0 Å². The van der Waals surface area contributed by atoms with E-state index in [1.54, 1.807) is 12.3 Å². The number of nitrogens with one attached hydrogen (secondary N) is 1. The van der Waals surface area contributed by atoms with Gasteiger partial charge in [-0.1, -0.05) is 0 Å². The molecule has 0 fully saturated rings. The molecule has 0 saturated carbocycles. The number of aryl methyl sites for hydroxylation is 1. The molecule has 7 heteroatoms. The molecule has 0 aliphatic heterocycles. The summed E-state index contributed by atoms with van der Waals surface area (Å²) < 4.78 is 31.7. The molecule has 1 aromatic rings. The van der Waals surface area contributed by atoms with Crippen molar-refractivity contribution < 1.29 is 13.2 Å². The fourth-order valence-electron chi connectivity index (χ4n) is 1.02. The summed E-state index contributed by atoms with van der Waals surface area (Å²) in [6, 6.07) is 1.66. The van der Waals surface area contributed by atoms with Crippen molar-refractivity contribution in [2.45, 2.75) is 6.92 Å². The fraction of sp³-hybridized carbons (Fsp3) is 0.444. The smallest absolute Gasteiger partial charge is 0.301 e. The minimum atomic E-state index is -3.54. The van der Waals surface area contributed by atoms with E-state index in [-0.39, 0.29) is 5.88 Å². The molecule has 0 saturated heterocycles. The number of rotatable bonds is 4. The Morgan fingerprint density at radius 1 is 1.44 bits per heavy atom. The molecule has 0 bridgehead atoms. The largest absolute Gasteiger partial charge is 0.479 e. The Hall–Kier alpha value is -1.34. The molecule has 1 heterocycles. The zero-order valence-electron chi connectivity index (χ0n) is 9.68. The van der Waals surface area contributed by atoms with Crippen LogP contribution in [-0.2, 0) is 10.2 Å². The van der Waals surface area contributed by atoms with Crippen molar-refractivity contribution in [1.29, 1.82) is 0 Å². The van der Waals surface area contributed by atoms with Gasteiger partial charge in [0.1, 0.15) is 5.69 Å². The monoisotopic (exact) mass is 245 g/mol. The number of ether oxygens (including phenoxy) is 1. The molecular weight excluding hydrogens is 230 g/mol. The third-order valence-electron chi connectivity index (χ3n) is 1.90. The molecule has 0 radical (unpaired) electrons. The van der Waals surface area contributed by atoms with Crippen LogP contribution in [0, 0.1) is 6.92 Å². The summed E-state index contributed by atoms with van der Waals surface area (Å²) in [7, 11) is 0.783. The van der Waals surface area contributed by atoms with Crippen LogP contribution < -0.4 is 9.46 Å². The molecule has 6 nitrogen and oxygen atoms in total. The summed E-state index contributed by atoms with van der Waals surface area (Å²) in [6.07, 6.45) is 1.60. The third kappa shape index (κ3) is 2.83. The topological polar surface area (TPSA) is 71.5 Å². The second kappa shape index (κ2) is 4.67. The van der Waals surface area contributed by atoms with Crippen molar-refractivity contribution >= 4 is 15.9 Å². The summed E-state index contributed by atoms with van der Waals surface area (Å²) in [5.41, 5.74) is 1.17. The lowest BCUT2D eigenvalue weighted by Gasteiger charge is -2.15. The number of hydrogen-bond acceptors (Lipinski definition) is 4. The van der Waals surface area contributed by atoms with Crippen molar-refractivity contribution in [1.82, 2.24) is 9.29 Å². The highest BCUT2D eigenvalue weighted by atomic mass is 32.2. The van der Waals surface area contributed by atoms with Crippen molar-refractivity contribution in [3.05, 3.63) is 17.8 Å². The molecule has 0 spiro atoms. The van der Waals surface area contributed by atoms with Crippen LogP contribution in [0.15, 0.2) is 12.3 Å². The summed E-state index contributed by atoms with van der Waals surface area (Å²) in [5.74, 6) is 0.246. The Bertz CT molecular complexity index is 471. The highest BCUT2D eigenvalue weighted by molar-refractivity contribution is 7.90. The SMILES string of the molecule is COc1ncc(C)cc1NS(=O)(=O)N(C)C. The average molecular weight is 245 g/mol. The van der Waals surface area contributed by atoms with E-state index < -0.39 is 10.2 Å². The maximum absolute atomic E-state index is 11.6. The first-order chi connectivity index (χ1) is 7.36. The van der Waals surface area contributed by atoms with E-state index >= 15 is 0 Å². The van der Waals surface area contributed by atoms with Crippen molar-refractivity contribution in [2.75, 3.05) is 25.9 Å². The van der Waals surface area contributed by atoms with Crippen molar-refractivity contribution in [2.24, 2.45) is 0 Å². The summed E-state index contributed by atoms with van der Waals surface area (Å²) >= 11 is 0. The van der Waals surface area contributed by atoms with Gasteiger partial charge in [-0.2, -0.15) is 12.7 Å². The Kier molecular flexibility index (Phi) is 3.71. The van der Waals surface area contributed by atoms with Gasteiger partial charge in [0.05, 0.1) is 7.11 Å². The van der Waals surface area contributed by atoms with Crippen molar-refractivity contribution in [3.8, 4) is 5.88 Å². The van der Waals surface area contributed by atoms with Crippen LogP contribution in [-0.4, -0.2) is 38.9 Å². The number of anilines is 1. The van der Waals surface area contributed by atoms with E-state index in [2.05, 4.69) is 9.71 Å². The molecule has 0 aromatic carbocycles. The number of methoxy groups -OCH3 is 1. The molecule has 90 valence electrons. The first-order valence-electron chi connectivity index (χ1n) is 4.57. The van der Waals surface area contributed by atoms with E-state index in [0.717, 1.165) is 9.87 Å². The average Bonchev–Trinajstić information content (AvgIpc) is 2.17. The minimum absolute atomic E-state index is 0.246. The van der Waals surface area contributed by atoms with Crippen LogP contribution in [0.2, 0.25) is 0 Å². The Labute approximate surface area is 95.4 Å². The van der Waals surface area contributed by atoms with E-state index in [0.29, 0.717) is 5.69 Å². The van der Waals surface area contributed by atoms with E-state index in [9.17, 15) is 8.42 Å². The highest BCUT2D eigenvalue weighted by Gasteiger charge is 2.16.